The number of fused-ring (bicyclic) bond motifs is 2. The van der Waals surface area contributed by atoms with Gasteiger partial charge in [0.15, 0.2) is 0 Å². The lowest BCUT2D eigenvalue weighted by Gasteiger charge is -2.20. The number of carbonyl (C=O) groups excluding carboxylic acids is 1. The molecular weight excluding hydrogens is 310 g/mol. The third kappa shape index (κ3) is 2.73. The summed E-state index contributed by atoms with van der Waals surface area (Å²) in [6.45, 7) is 0. The van der Waals surface area contributed by atoms with E-state index in [1.165, 1.54) is 31.0 Å². The van der Waals surface area contributed by atoms with Crippen molar-refractivity contribution in [2.45, 2.75) is 30.8 Å². The monoisotopic (exact) mass is 329 g/mol. The molecule has 1 heterocycles. The normalized spacial score (nSPS) is 25.7. The first-order valence-corrected chi connectivity index (χ1v) is 9.20. The van der Waals surface area contributed by atoms with Crippen LogP contribution < -0.4 is 5.32 Å². The van der Waals surface area contributed by atoms with E-state index in [9.17, 15) is 4.79 Å². The second-order valence-corrected chi connectivity index (χ2v) is 7.17. The summed E-state index contributed by atoms with van der Waals surface area (Å²) in [7, 11) is 0. The number of carbonyl (C=O) groups is 1. The van der Waals surface area contributed by atoms with Crippen LogP contribution in [-0.4, -0.2) is 32.4 Å². The first kappa shape index (κ1) is 14.7. The molecule has 7 heteroatoms. The van der Waals surface area contributed by atoms with Crippen LogP contribution >= 0.6 is 11.8 Å². The van der Waals surface area contributed by atoms with Crippen molar-refractivity contribution in [2.75, 3.05) is 11.6 Å². The molecule has 0 spiro atoms. The van der Waals surface area contributed by atoms with Gasteiger partial charge in [0.2, 0.25) is 11.1 Å². The van der Waals surface area contributed by atoms with E-state index in [1.807, 2.05) is 30.5 Å². The van der Waals surface area contributed by atoms with Crippen LogP contribution in [0.25, 0.3) is 5.69 Å². The summed E-state index contributed by atoms with van der Waals surface area (Å²) >= 11 is 1.48. The topological polar surface area (TPSA) is 72.7 Å². The van der Waals surface area contributed by atoms with Crippen LogP contribution in [0.2, 0.25) is 0 Å². The van der Waals surface area contributed by atoms with Gasteiger partial charge in [-0.15, -0.1) is 5.10 Å². The Morgan fingerprint density at radius 3 is 3.00 bits per heavy atom. The maximum absolute atomic E-state index is 12.6. The Labute approximate surface area is 139 Å². The fraction of sp³-hybridized carbons (Fsp3) is 0.500. The molecule has 2 aromatic rings. The molecule has 0 unspecified atom stereocenters. The van der Waals surface area contributed by atoms with Gasteiger partial charge in [0.05, 0.1) is 5.69 Å². The summed E-state index contributed by atoms with van der Waals surface area (Å²) in [4.78, 5) is 12.6. The Balaban J connectivity index is 1.51. The molecule has 0 saturated heterocycles. The molecule has 2 bridgehead atoms. The number of thioether (sulfide) groups is 1. The molecule has 1 N–H and O–H groups in total. The van der Waals surface area contributed by atoms with Crippen LogP contribution in [0.4, 0.5) is 5.69 Å². The zero-order valence-corrected chi connectivity index (χ0v) is 13.8. The average Bonchev–Trinajstić information content (AvgIpc) is 3.30. The van der Waals surface area contributed by atoms with Crippen molar-refractivity contribution in [3.63, 3.8) is 0 Å². The predicted octanol–water partition coefficient (Wildman–Crippen LogP) is 2.76. The number of benzene rings is 1. The van der Waals surface area contributed by atoms with Gasteiger partial charge >= 0.3 is 0 Å². The second-order valence-electron chi connectivity index (χ2n) is 6.40. The number of hydrogen-bond donors (Lipinski definition) is 1. The van der Waals surface area contributed by atoms with Crippen molar-refractivity contribution in [1.29, 1.82) is 0 Å². The summed E-state index contributed by atoms with van der Waals surface area (Å²) in [5.41, 5.74) is 1.66. The number of nitrogens with one attached hydrogen (secondary N) is 1. The number of aromatic nitrogens is 4. The van der Waals surface area contributed by atoms with Gasteiger partial charge in [0, 0.05) is 11.6 Å². The van der Waals surface area contributed by atoms with Crippen LogP contribution in [0, 0.1) is 17.8 Å². The highest BCUT2D eigenvalue weighted by Crippen LogP contribution is 2.48. The van der Waals surface area contributed by atoms with Crippen LogP contribution in [0.15, 0.2) is 29.4 Å². The molecule has 2 aliphatic carbocycles. The molecular formula is C16H19N5OS. The van der Waals surface area contributed by atoms with E-state index in [4.69, 9.17) is 0 Å². The van der Waals surface area contributed by atoms with E-state index in [0.29, 0.717) is 5.92 Å². The van der Waals surface area contributed by atoms with Gasteiger partial charge in [-0.3, -0.25) is 4.79 Å². The van der Waals surface area contributed by atoms with Crippen molar-refractivity contribution < 1.29 is 4.79 Å². The molecule has 2 aliphatic rings. The van der Waals surface area contributed by atoms with Crippen molar-refractivity contribution in [1.82, 2.24) is 20.2 Å². The number of hydrogen-bond acceptors (Lipinski definition) is 5. The minimum atomic E-state index is 0.163. The van der Waals surface area contributed by atoms with Crippen molar-refractivity contribution in [3.05, 3.63) is 24.3 Å². The van der Waals surface area contributed by atoms with Gasteiger partial charge in [-0.05, 0) is 66.0 Å². The average molecular weight is 329 g/mol. The smallest absolute Gasteiger partial charge is 0.227 e. The highest BCUT2D eigenvalue weighted by atomic mass is 32.2. The van der Waals surface area contributed by atoms with Gasteiger partial charge in [-0.1, -0.05) is 24.2 Å². The van der Waals surface area contributed by atoms with Crippen LogP contribution in [-0.2, 0) is 4.79 Å². The predicted molar refractivity (Wildman–Crippen MR) is 88.5 cm³/mol. The van der Waals surface area contributed by atoms with Crippen molar-refractivity contribution in [2.24, 2.45) is 17.8 Å². The zero-order chi connectivity index (χ0) is 15.8. The van der Waals surface area contributed by atoms with E-state index >= 15 is 0 Å². The molecule has 2 fully saturated rings. The largest absolute Gasteiger partial charge is 0.326 e. The molecule has 0 radical (unpaired) electrons. The van der Waals surface area contributed by atoms with Crippen LogP contribution in [0.3, 0.4) is 0 Å². The molecule has 3 atom stereocenters. The summed E-state index contributed by atoms with van der Waals surface area (Å²) in [6, 6.07) is 7.68. The SMILES string of the molecule is CSc1nnnn1-c1cccc(NC(=O)[C@H]2C[C@@H]3CC[C@@H]2C3)c1. The van der Waals surface area contributed by atoms with E-state index in [2.05, 4.69) is 20.8 Å². The Bertz CT molecular complexity index is 731. The Kier molecular flexibility index (Phi) is 3.80. The van der Waals surface area contributed by atoms with E-state index < -0.39 is 0 Å². The zero-order valence-electron chi connectivity index (χ0n) is 13.0. The Morgan fingerprint density at radius 2 is 2.26 bits per heavy atom. The summed E-state index contributed by atoms with van der Waals surface area (Å²) in [5.74, 6) is 1.71. The van der Waals surface area contributed by atoms with Crippen LogP contribution in [0.1, 0.15) is 25.7 Å². The lowest BCUT2D eigenvalue weighted by Crippen LogP contribution is -2.27. The molecule has 6 nitrogen and oxygen atoms in total. The highest BCUT2D eigenvalue weighted by molar-refractivity contribution is 7.98. The Hall–Kier alpha value is -1.89. The molecule has 1 amide bonds. The van der Waals surface area contributed by atoms with Crippen LogP contribution in [0.5, 0.6) is 0 Å². The van der Waals surface area contributed by atoms with Gasteiger partial charge in [0.1, 0.15) is 0 Å². The molecule has 1 aromatic heterocycles. The molecule has 4 rings (SSSR count). The number of tetrazole rings is 1. The standard InChI is InChI=1S/C16H19N5OS/c1-23-16-18-19-20-21(16)13-4-2-3-12(9-13)17-15(22)14-8-10-5-6-11(14)7-10/h2-4,9-11,14H,5-8H2,1H3,(H,17,22)/t10-,11-,14+/m1/s1. The summed E-state index contributed by atoms with van der Waals surface area (Å²) < 4.78 is 1.68. The fourth-order valence-electron chi connectivity index (χ4n) is 3.98. The summed E-state index contributed by atoms with van der Waals surface area (Å²) in [6.07, 6.45) is 6.74. The highest BCUT2D eigenvalue weighted by Gasteiger charge is 2.42. The number of nitrogens with zero attached hydrogens (tertiary/aromatic N) is 4. The molecule has 1 aromatic carbocycles. The van der Waals surface area contributed by atoms with Crippen molar-refractivity contribution in [3.8, 4) is 5.69 Å². The molecule has 23 heavy (non-hydrogen) atoms. The fourth-order valence-corrected chi connectivity index (χ4v) is 4.42. The third-order valence-corrected chi connectivity index (χ3v) is 5.68. The lowest BCUT2D eigenvalue weighted by molar-refractivity contribution is -0.121. The quantitative estimate of drug-likeness (QED) is 0.873. The molecule has 0 aliphatic heterocycles. The molecule has 120 valence electrons. The van der Waals surface area contributed by atoms with Gasteiger partial charge in [-0.25, -0.2) is 0 Å². The minimum absolute atomic E-state index is 0.163. The third-order valence-electron chi connectivity index (χ3n) is 5.06. The summed E-state index contributed by atoms with van der Waals surface area (Å²) in [5, 5.41) is 15.5. The maximum atomic E-state index is 12.6. The van der Waals surface area contributed by atoms with E-state index in [1.54, 1.807) is 4.68 Å². The number of rotatable bonds is 4. The van der Waals surface area contributed by atoms with E-state index in [-0.39, 0.29) is 11.8 Å². The first-order valence-electron chi connectivity index (χ1n) is 7.98. The molecule has 2 saturated carbocycles. The minimum Gasteiger partial charge on any atom is -0.326 e. The maximum Gasteiger partial charge on any atom is 0.227 e. The van der Waals surface area contributed by atoms with Gasteiger partial charge in [0.25, 0.3) is 0 Å². The number of anilines is 1. The van der Waals surface area contributed by atoms with Gasteiger partial charge < -0.3 is 5.32 Å². The second kappa shape index (κ2) is 5.96. The Morgan fingerprint density at radius 1 is 1.35 bits per heavy atom. The first-order chi connectivity index (χ1) is 11.2. The lowest BCUT2D eigenvalue weighted by atomic mass is 9.88. The number of amides is 1. The van der Waals surface area contributed by atoms with E-state index in [0.717, 1.165) is 28.9 Å². The van der Waals surface area contributed by atoms with Crippen molar-refractivity contribution >= 4 is 23.4 Å². The van der Waals surface area contributed by atoms with Gasteiger partial charge in [-0.2, -0.15) is 4.68 Å².